The Balaban J connectivity index is 2.11. The van der Waals surface area contributed by atoms with Gasteiger partial charge in [-0.2, -0.15) is 5.10 Å². The van der Waals surface area contributed by atoms with Gasteiger partial charge >= 0.3 is 0 Å². The number of hydrogen-bond acceptors (Lipinski definition) is 4. The van der Waals surface area contributed by atoms with E-state index in [-0.39, 0.29) is 6.61 Å². The normalized spacial score (nSPS) is 10.4. The molecule has 1 aromatic heterocycles. The number of aromatic nitrogens is 2. The Bertz CT molecular complexity index is 523. The maximum absolute atomic E-state index is 9.10. The fraction of sp³-hybridized carbons (Fsp3) is 0.308. The van der Waals surface area contributed by atoms with Gasteiger partial charge in [0.1, 0.15) is 6.61 Å². The third kappa shape index (κ3) is 2.81. The van der Waals surface area contributed by atoms with Gasteiger partial charge in [0.2, 0.25) is 0 Å². The second-order valence-corrected chi connectivity index (χ2v) is 3.91. The van der Waals surface area contributed by atoms with Crippen LogP contribution < -0.4 is 9.47 Å². The van der Waals surface area contributed by atoms with Crippen molar-refractivity contribution in [3.8, 4) is 11.5 Å². The van der Waals surface area contributed by atoms with Crippen LogP contribution in [0.5, 0.6) is 11.5 Å². The molecular weight excluding hydrogens is 232 g/mol. The molecule has 0 saturated carbocycles. The monoisotopic (exact) mass is 248 g/mol. The number of aryl methyl sites for hydroxylation is 1. The first kappa shape index (κ1) is 12.4. The van der Waals surface area contributed by atoms with Crippen LogP contribution in [-0.4, -0.2) is 22.0 Å². The van der Waals surface area contributed by atoms with E-state index in [1.54, 1.807) is 30.0 Å². The molecule has 0 bridgehead atoms. The quantitative estimate of drug-likeness (QED) is 0.871. The van der Waals surface area contributed by atoms with Crippen molar-refractivity contribution in [2.75, 3.05) is 7.11 Å². The minimum absolute atomic E-state index is 0.0239. The van der Waals surface area contributed by atoms with Crippen LogP contribution in [0.15, 0.2) is 30.5 Å². The lowest BCUT2D eigenvalue weighted by molar-refractivity contribution is 0.269. The molecule has 5 nitrogen and oxygen atoms in total. The molecule has 0 saturated heterocycles. The van der Waals surface area contributed by atoms with Crippen molar-refractivity contribution in [2.24, 2.45) is 7.05 Å². The summed E-state index contributed by atoms with van der Waals surface area (Å²) in [5.74, 6) is 1.25. The molecule has 0 aliphatic carbocycles. The summed E-state index contributed by atoms with van der Waals surface area (Å²) in [5, 5.41) is 13.3. The van der Waals surface area contributed by atoms with E-state index in [4.69, 9.17) is 14.6 Å². The predicted octanol–water partition coefficient (Wildman–Crippen LogP) is 1.50. The van der Waals surface area contributed by atoms with Crippen LogP contribution in [0.3, 0.4) is 0 Å². The van der Waals surface area contributed by atoms with Crippen LogP contribution in [0, 0.1) is 0 Å². The highest BCUT2D eigenvalue weighted by molar-refractivity contribution is 5.42. The van der Waals surface area contributed by atoms with Crippen LogP contribution in [-0.2, 0) is 20.3 Å². The number of aliphatic hydroxyl groups is 1. The number of aliphatic hydroxyl groups excluding tert-OH is 1. The molecule has 96 valence electrons. The second-order valence-electron chi connectivity index (χ2n) is 3.91. The molecule has 0 spiro atoms. The lowest BCUT2D eigenvalue weighted by Crippen LogP contribution is -2.00. The molecule has 1 N–H and O–H groups in total. The summed E-state index contributed by atoms with van der Waals surface area (Å²) in [6, 6.07) is 7.23. The number of ether oxygens (including phenoxy) is 2. The molecule has 0 aliphatic rings. The summed E-state index contributed by atoms with van der Waals surface area (Å²) < 4.78 is 12.6. The SMILES string of the molecule is COc1ccc(CO)cc1OCc1ccn(C)n1. The zero-order valence-electron chi connectivity index (χ0n) is 10.5. The van der Waals surface area contributed by atoms with E-state index >= 15 is 0 Å². The van der Waals surface area contributed by atoms with Gasteiger partial charge in [0.25, 0.3) is 0 Å². The highest BCUT2D eigenvalue weighted by atomic mass is 16.5. The third-order valence-electron chi connectivity index (χ3n) is 2.56. The summed E-state index contributed by atoms with van der Waals surface area (Å²) in [6.07, 6.45) is 1.86. The first-order valence-corrected chi connectivity index (χ1v) is 5.62. The summed E-state index contributed by atoms with van der Waals surface area (Å²) in [5.41, 5.74) is 1.63. The lowest BCUT2D eigenvalue weighted by atomic mass is 10.2. The molecule has 0 amide bonds. The van der Waals surface area contributed by atoms with Crippen molar-refractivity contribution in [2.45, 2.75) is 13.2 Å². The van der Waals surface area contributed by atoms with Gasteiger partial charge in [-0.1, -0.05) is 6.07 Å². The Labute approximate surface area is 106 Å². The van der Waals surface area contributed by atoms with Gasteiger partial charge in [0.05, 0.1) is 19.4 Å². The average molecular weight is 248 g/mol. The number of nitrogens with zero attached hydrogens (tertiary/aromatic N) is 2. The smallest absolute Gasteiger partial charge is 0.162 e. The van der Waals surface area contributed by atoms with Crippen molar-refractivity contribution in [3.05, 3.63) is 41.7 Å². The van der Waals surface area contributed by atoms with Gasteiger partial charge in [-0.15, -0.1) is 0 Å². The van der Waals surface area contributed by atoms with Crippen LogP contribution >= 0.6 is 0 Å². The molecule has 18 heavy (non-hydrogen) atoms. The Hall–Kier alpha value is -2.01. The van der Waals surface area contributed by atoms with Crippen molar-refractivity contribution >= 4 is 0 Å². The minimum atomic E-state index is -0.0239. The number of methoxy groups -OCH3 is 1. The summed E-state index contributed by atoms with van der Waals surface area (Å²) in [4.78, 5) is 0. The molecule has 2 aromatic rings. The van der Waals surface area contributed by atoms with Crippen molar-refractivity contribution in [1.29, 1.82) is 0 Å². The Kier molecular flexibility index (Phi) is 3.84. The maximum atomic E-state index is 9.10. The highest BCUT2D eigenvalue weighted by Crippen LogP contribution is 2.28. The molecule has 1 heterocycles. The minimum Gasteiger partial charge on any atom is -0.493 e. The van der Waals surface area contributed by atoms with E-state index in [2.05, 4.69) is 5.10 Å². The van der Waals surface area contributed by atoms with Gasteiger partial charge in [-0.3, -0.25) is 4.68 Å². The molecular formula is C13H16N2O3. The van der Waals surface area contributed by atoms with Crippen molar-refractivity contribution < 1.29 is 14.6 Å². The molecule has 2 rings (SSSR count). The van der Waals surface area contributed by atoms with Gasteiger partial charge in [0.15, 0.2) is 11.5 Å². The van der Waals surface area contributed by atoms with Crippen LogP contribution in [0.25, 0.3) is 0 Å². The zero-order valence-corrected chi connectivity index (χ0v) is 10.5. The number of hydrogen-bond donors (Lipinski definition) is 1. The molecule has 0 unspecified atom stereocenters. The average Bonchev–Trinajstić information content (AvgIpc) is 2.81. The predicted molar refractivity (Wildman–Crippen MR) is 66.5 cm³/mol. The largest absolute Gasteiger partial charge is 0.493 e. The van der Waals surface area contributed by atoms with E-state index in [0.717, 1.165) is 11.3 Å². The van der Waals surface area contributed by atoms with Crippen LogP contribution in [0.1, 0.15) is 11.3 Å². The van der Waals surface area contributed by atoms with E-state index in [0.29, 0.717) is 18.1 Å². The second kappa shape index (κ2) is 5.55. The van der Waals surface area contributed by atoms with Crippen LogP contribution in [0.2, 0.25) is 0 Å². The van der Waals surface area contributed by atoms with E-state index in [9.17, 15) is 0 Å². The summed E-state index contributed by atoms with van der Waals surface area (Å²) in [7, 11) is 3.44. The van der Waals surface area contributed by atoms with Gasteiger partial charge in [-0.25, -0.2) is 0 Å². The van der Waals surface area contributed by atoms with Gasteiger partial charge in [-0.05, 0) is 23.8 Å². The van der Waals surface area contributed by atoms with Crippen molar-refractivity contribution in [1.82, 2.24) is 9.78 Å². The van der Waals surface area contributed by atoms with Gasteiger partial charge < -0.3 is 14.6 Å². The first-order chi connectivity index (χ1) is 8.72. The summed E-state index contributed by atoms with van der Waals surface area (Å²) >= 11 is 0. The third-order valence-corrected chi connectivity index (χ3v) is 2.56. The molecule has 0 aliphatic heterocycles. The Morgan fingerprint density at radius 3 is 2.72 bits per heavy atom. The van der Waals surface area contributed by atoms with E-state index < -0.39 is 0 Å². The van der Waals surface area contributed by atoms with Crippen molar-refractivity contribution in [3.63, 3.8) is 0 Å². The molecule has 0 radical (unpaired) electrons. The number of rotatable bonds is 5. The lowest BCUT2D eigenvalue weighted by Gasteiger charge is -2.10. The number of benzene rings is 1. The van der Waals surface area contributed by atoms with E-state index in [1.807, 2.05) is 19.3 Å². The standard InChI is InChI=1S/C13H16N2O3/c1-15-6-5-11(14-15)9-18-13-7-10(8-16)3-4-12(13)17-2/h3-7,16H,8-9H2,1-2H3. The maximum Gasteiger partial charge on any atom is 0.162 e. The van der Waals surface area contributed by atoms with Crippen LogP contribution in [0.4, 0.5) is 0 Å². The molecule has 0 fully saturated rings. The summed E-state index contributed by atoms with van der Waals surface area (Å²) in [6.45, 7) is 0.343. The Morgan fingerprint density at radius 2 is 2.11 bits per heavy atom. The molecule has 1 aromatic carbocycles. The fourth-order valence-corrected chi connectivity index (χ4v) is 1.62. The fourth-order valence-electron chi connectivity index (χ4n) is 1.62. The molecule has 0 atom stereocenters. The first-order valence-electron chi connectivity index (χ1n) is 5.62. The highest BCUT2D eigenvalue weighted by Gasteiger charge is 2.06. The van der Waals surface area contributed by atoms with Gasteiger partial charge in [0, 0.05) is 13.2 Å². The van der Waals surface area contributed by atoms with E-state index in [1.165, 1.54) is 0 Å². The zero-order chi connectivity index (χ0) is 13.0. The topological polar surface area (TPSA) is 56.5 Å². The Morgan fingerprint density at radius 1 is 1.28 bits per heavy atom. The molecule has 5 heteroatoms.